The number of nitrogens with one attached hydrogen (secondary N) is 1. The van der Waals surface area contributed by atoms with Crippen molar-refractivity contribution in [1.29, 1.82) is 0 Å². The van der Waals surface area contributed by atoms with E-state index in [0.717, 1.165) is 5.56 Å². The zero-order valence-electron chi connectivity index (χ0n) is 9.74. The number of halogens is 2. The molecule has 0 radical (unpaired) electrons. The molecule has 94 valence electrons. The van der Waals surface area contributed by atoms with Gasteiger partial charge in [0.1, 0.15) is 12.1 Å². The van der Waals surface area contributed by atoms with Gasteiger partial charge in [-0.25, -0.2) is 18.7 Å². The van der Waals surface area contributed by atoms with E-state index in [1.54, 1.807) is 13.2 Å². The molecule has 0 saturated heterocycles. The molecule has 0 aromatic carbocycles. The van der Waals surface area contributed by atoms with Crippen LogP contribution >= 0.6 is 0 Å². The van der Waals surface area contributed by atoms with E-state index in [0.29, 0.717) is 18.4 Å². The molecule has 1 fully saturated rings. The van der Waals surface area contributed by atoms with Gasteiger partial charge >= 0.3 is 0 Å². The molecule has 1 aliphatic rings. The first-order valence-corrected chi connectivity index (χ1v) is 5.68. The molecule has 0 amide bonds. The molecule has 4 nitrogen and oxygen atoms in total. The highest BCUT2D eigenvalue weighted by molar-refractivity contribution is 5.44. The Morgan fingerprint density at radius 2 is 2.29 bits per heavy atom. The summed E-state index contributed by atoms with van der Waals surface area (Å²) in [5.41, 5.74) is 0.863. The summed E-state index contributed by atoms with van der Waals surface area (Å²) in [6, 6.07) is 0.573. The second-order valence-corrected chi connectivity index (χ2v) is 4.30. The average Bonchev–Trinajstić information content (AvgIpc) is 3.09. The number of nitrogens with zero attached hydrogens (tertiary/aromatic N) is 3. The van der Waals surface area contributed by atoms with Crippen LogP contribution in [0.2, 0.25) is 0 Å². The molecule has 0 aliphatic heterocycles. The maximum Gasteiger partial charge on any atom is 0.255 e. The predicted octanol–water partition coefficient (Wildman–Crippen LogP) is 1.43. The van der Waals surface area contributed by atoms with Crippen LogP contribution in [-0.4, -0.2) is 36.0 Å². The lowest BCUT2D eigenvalue weighted by Gasteiger charge is -2.20. The van der Waals surface area contributed by atoms with Crippen molar-refractivity contribution in [2.24, 2.45) is 0 Å². The van der Waals surface area contributed by atoms with Crippen LogP contribution in [0.4, 0.5) is 14.6 Å². The average molecular weight is 242 g/mol. The van der Waals surface area contributed by atoms with E-state index in [9.17, 15) is 8.78 Å². The van der Waals surface area contributed by atoms with Crippen molar-refractivity contribution in [3.05, 3.63) is 18.1 Å². The van der Waals surface area contributed by atoms with Gasteiger partial charge in [0.2, 0.25) is 0 Å². The first kappa shape index (κ1) is 12.2. The third-order valence-corrected chi connectivity index (χ3v) is 2.70. The zero-order chi connectivity index (χ0) is 12.3. The highest BCUT2D eigenvalue weighted by Gasteiger charge is 2.21. The summed E-state index contributed by atoms with van der Waals surface area (Å²) in [6.45, 7) is 0.321. The topological polar surface area (TPSA) is 41.1 Å². The predicted molar refractivity (Wildman–Crippen MR) is 61.2 cm³/mol. The molecule has 6 heteroatoms. The van der Waals surface area contributed by atoms with Gasteiger partial charge < -0.3 is 10.2 Å². The van der Waals surface area contributed by atoms with Gasteiger partial charge in [-0.3, -0.25) is 0 Å². The third-order valence-electron chi connectivity index (χ3n) is 2.70. The van der Waals surface area contributed by atoms with Crippen LogP contribution in [0.25, 0.3) is 0 Å². The van der Waals surface area contributed by atoms with E-state index in [1.807, 2.05) is 0 Å². The van der Waals surface area contributed by atoms with Crippen LogP contribution in [0, 0.1) is 0 Å². The Bertz CT molecular complexity index is 368. The molecular weight excluding hydrogens is 226 g/mol. The molecule has 2 rings (SSSR count). The lowest BCUT2D eigenvalue weighted by atomic mass is 10.3. The van der Waals surface area contributed by atoms with Crippen LogP contribution in [0.1, 0.15) is 18.4 Å². The van der Waals surface area contributed by atoms with E-state index >= 15 is 0 Å². The number of anilines is 1. The van der Waals surface area contributed by atoms with Gasteiger partial charge in [-0.05, 0) is 12.8 Å². The summed E-state index contributed by atoms with van der Waals surface area (Å²) in [6.07, 6.45) is 3.09. The first-order chi connectivity index (χ1) is 8.16. The number of alkyl halides is 2. The third kappa shape index (κ3) is 3.59. The van der Waals surface area contributed by atoms with E-state index in [4.69, 9.17) is 0 Å². The zero-order valence-corrected chi connectivity index (χ0v) is 9.74. The fraction of sp³-hybridized carbons (Fsp3) is 0.636. The van der Waals surface area contributed by atoms with Crippen LogP contribution in [0.15, 0.2) is 12.5 Å². The van der Waals surface area contributed by atoms with Crippen LogP contribution in [0.5, 0.6) is 0 Å². The minimum absolute atomic E-state index is 0.312. The Morgan fingerprint density at radius 3 is 2.94 bits per heavy atom. The molecule has 0 atom stereocenters. The molecule has 1 aromatic rings. The molecule has 1 N–H and O–H groups in total. The lowest BCUT2D eigenvalue weighted by molar-refractivity contribution is 0.156. The maximum absolute atomic E-state index is 12.3. The smallest absolute Gasteiger partial charge is 0.255 e. The van der Waals surface area contributed by atoms with Crippen LogP contribution < -0.4 is 10.2 Å². The molecule has 1 heterocycles. The van der Waals surface area contributed by atoms with Gasteiger partial charge in [-0.1, -0.05) is 0 Å². The first-order valence-electron chi connectivity index (χ1n) is 5.68. The molecule has 1 aromatic heterocycles. The van der Waals surface area contributed by atoms with Crippen molar-refractivity contribution in [1.82, 2.24) is 15.3 Å². The van der Waals surface area contributed by atoms with Gasteiger partial charge in [0.25, 0.3) is 6.43 Å². The van der Waals surface area contributed by atoms with Gasteiger partial charge in [0.05, 0.1) is 6.54 Å². The number of hydrogen-bond donors (Lipinski definition) is 1. The summed E-state index contributed by atoms with van der Waals surface area (Å²) < 4.78 is 24.7. The highest BCUT2D eigenvalue weighted by atomic mass is 19.3. The molecule has 0 spiro atoms. The van der Waals surface area contributed by atoms with Gasteiger partial charge in [0.15, 0.2) is 0 Å². The largest absolute Gasteiger partial charge is 0.354 e. The number of hydrogen-bond acceptors (Lipinski definition) is 4. The van der Waals surface area contributed by atoms with Crippen molar-refractivity contribution in [2.45, 2.75) is 31.9 Å². The van der Waals surface area contributed by atoms with Crippen LogP contribution in [0.3, 0.4) is 0 Å². The van der Waals surface area contributed by atoms with Crippen molar-refractivity contribution in [3.8, 4) is 0 Å². The molecule has 1 saturated carbocycles. The van der Waals surface area contributed by atoms with E-state index in [2.05, 4.69) is 15.3 Å². The summed E-state index contributed by atoms with van der Waals surface area (Å²) in [7, 11) is 1.62. The summed E-state index contributed by atoms with van der Waals surface area (Å²) >= 11 is 0. The molecule has 17 heavy (non-hydrogen) atoms. The Balaban J connectivity index is 2.02. The van der Waals surface area contributed by atoms with E-state index in [-0.39, 0.29) is 6.54 Å². The second kappa shape index (κ2) is 5.35. The Morgan fingerprint density at radius 1 is 1.53 bits per heavy atom. The standard InChI is InChI=1S/C11H16F2N4/c1-17(6-10(12)13)11-8(4-14-7-16-11)5-15-9-2-3-9/h4,7,9-10,15H,2-3,5-6H2,1H3. The minimum Gasteiger partial charge on any atom is -0.354 e. The van der Waals surface area contributed by atoms with Crippen molar-refractivity contribution < 1.29 is 8.78 Å². The highest BCUT2D eigenvalue weighted by Crippen LogP contribution is 2.21. The Kier molecular flexibility index (Phi) is 3.83. The SMILES string of the molecule is CN(CC(F)F)c1ncncc1CNC1CC1. The summed E-state index contributed by atoms with van der Waals surface area (Å²) in [5.74, 6) is 0.577. The fourth-order valence-corrected chi connectivity index (χ4v) is 1.66. The minimum atomic E-state index is -2.36. The van der Waals surface area contributed by atoms with E-state index < -0.39 is 6.43 Å². The van der Waals surface area contributed by atoms with Crippen molar-refractivity contribution >= 4 is 5.82 Å². The molecule has 0 unspecified atom stereocenters. The van der Waals surface area contributed by atoms with Gasteiger partial charge in [0, 0.05) is 31.4 Å². The van der Waals surface area contributed by atoms with Gasteiger partial charge in [-0.2, -0.15) is 0 Å². The number of aromatic nitrogens is 2. The fourth-order valence-electron chi connectivity index (χ4n) is 1.66. The Labute approximate surface area is 99.1 Å². The normalized spacial score (nSPS) is 15.3. The lowest BCUT2D eigenvalue weighted by Crippen LogP contribution is -2.27. The quantitative estimate of drug-likeness (QED) is 0.819. The molecule has 1 aliphatic carbocycles. The molecular formula is C11H16F2N4. The number of rotatable bonds is 6. The molecule has 0 bridgehead atoms. The maximum atomic E-state index is 12.3. The van der Waals surface area contributed by atoms with Crippen molar-refractivity contribution in [2.75, 3.05) is 18.5 Å². The monoisotopic (exact) mass is 242 g/mol. The second-order valence-electron chi connectivity index (χ2n) is 4.30. The van der Waals surface area contributed by atoms with Crippen LogP contribution in [-0.2, 0) is 6.54 Å². The summed E-state index contributed by atoms with van der Waals surface area (Å²) in [5, 5.41) is 3.33. The van der Waals surface area contributed by atoms with E-state index in [1.165, 1.54) is 24.1 Å². The Hall–Kier alpha value is -1.30. The van der Waals surface area contributed by atoms with Crippen molar-refractivity contribution in [3.63, 3.8) is 0 Å². The van der Waals surface area contributed by atoms with Gasteiger partial charge in [-0.15, -0.1) is 0 Å². The summed E-state index contributed by atoms with van der Waals surface area (Å²) in [4.78, 5) is 9.48.